The molecule has 5 heteroatoms. The Morgan fingerprint density at radius 1 is 1.15 bits per heavy atom. The second kappa shape index (κ2) is 7.92. The van der Waals surface area contributed by atoms with Crippen molar-refractivity contribution >= 4 is 0 Å². The summed E-state index contributed by atoms with van der Waals surface area (Å²) >= 11 is 0. The average molecular weight is 362 g/mol. The Morgan fingerprint density at radius 3 is 2.78 bits per heavy atom. The van der Waals surface area contributed by atoms with Crippen LogP contribution in [0.1, 0.15) is 42.9 Å². The molecule has 5 nitrogen and oxygen atoms in total. The predicted molar refractivity (Wildman–Crippen MR) is 106 cm³/mol. The molecule has 4 rings (SSSR count). The van der Waals surface area contributed by atoms with E-state index in [4.69, 9.17) is 9.72 Å². The molecule has 0 unspecified atom stereocenters. The molecule has 0 amide bonds. The van der Waals surface area contributed by atoms with Gasteiger partial charge in [-0.3, -0.25) is 9.47 Å². The van der Waals surface area contributed by atoms with Gasteiger partial charge in [-0.05, 0) is 49.2 Å². The summed E-state index contributed by atoms with van der Waals surface area (Å²) in [6.45, 7) is 4.16. The van der Waals surface area contributed by atoms with Crippen LogP contribution in [0.5, 0.6) is 5.75 Å². The number of imidazole rings is 1. The number of aromatic nitrogens is 3. The zero-order valence-corrected chi connectivity index (χ0v) is 16.0. The fourth-order valence-corrected chi connectivity index (χ4v) is 3.88. The number of likely N-dealkylation sites (tertiary alicyclic amines) is 1. The first kappa shape index (κ1) is 17.7. The number of hydrogen-bond acceptors (Lipinski definition) is 4. The van der Waals surface area contributed by atoms with E-state index in [-0.39, 0.29) is 0 Å². The molecular formula is C22H26N4O. The Labute approximate surface area is 160 Å². The van der Waals surface area contributed by atoms with Crippen molar-refractivity contribution in [3.05, 3.63) is 71.9 Å². The summed E-state index contributed by atoms with van der Waals surface area (Å²) in [5, 5.41) is 0. The lowest BCUT2D eigenvalue weighted by molar-refractivity contribution is 0.244. The highest BCUT2D eigenvalue weighted by Crippen LogP contribution is 2.32. The zero-order valence-electron chi connectivity index (χ0n) is 16.0. The maximum absolute atomic E-state index is 5.27. The summed E-state index contributed by atoms with van der Waals surface area (Å²) in [6, 6.07) is 15.1. The molecule has 1 fully saturated rings. The molecule has 0 radical (unpaired) electrons. The Kier molecular flexibility index (Phi) is 5.21. The minimum Gasteiger partial charge on any atom is -0.497 e. The highest BCUT2D eigenvalue weighted by molar-refractivity contribution is 5.29. The lowest BCUT2D eigenvalue weighted by atomic mass is 10.1. The third-order valence-corrected chi connectivity index (χ3v) is 5.29. The molecule has 27 heavy (non-hydrogen) atoms. The molecule has 0 aliphatic carbocycles. The molecule has 0 bridgehead atoms. The highest BCUT2D eigenvalue weighted by atomic mass is 16.5. The van der Waals surface area contributed by atoms with Crippen molar-refractivity contribution in [2.45, 2.75) is 38.8 Å². The highest BCUT2D eigenvalue weighted by Gasteiger charge is 2.27. The van der Waals surface area contributed by atoms with Gasteiger partial charge in [0.1, 0.15) is 17.4 Å². The van der Waals surface area contributed by atoms with Crippen LogP contribution in [0.3, 0.4) is 0 Å². The third-order valence-electron chi connectivity index (χ3n) is 5.29. The molecule has 3 aromatic rings. The van der Waals surface area contributed by atoms with E-state index in [9.17, 15) is 0 Å². The normalized spacial score (nSPS) is 17.3. The second-order valence-corrected chi connectivity index (χ2v) is 6.96. The van der Waals surface area contributed by atoms with E-state index < -0.39 is 0 Å². The molecule has 2 aromatic heterocycles. The molecule has 0 saturated carbocycles. The first-order chi connectivity index (χ1) is 13.3. The Hall–Kier alpha value is -2.66. The Bertz CT molecular complexity index is 887. The number of nitrogens with zero attached hydrogens (tertiary/aromatic N) is 4. The molecular weight excluding hydrogens is 336 g/mol. The third kappa shape index (κ3) is 3.74. The van der Waals surface area contributed by atoms with Crippen molar-refractivity contribution in [2.75, 3.05) is 13.7 Å². The van der Waals surface area contributed by atoms with Crippen LogP contribution in [0, 0.1) is 0 Å². The lowest BCUT2D eigenvalue weighted by Crippen LogP contribution is -2.23. The van der Waals surface area contributed by atoms with E-state index >= 15 is 0 Å². The standard InChI is InChI=1S/C22H26N4O/c1-3-21-23-13-15-26(21)22-8-4-6-19(24-22)20-7-5-14-25(20)16-17-9-11-18(27-2)12-10-17/h4,6,8-13,15,20H,3,5,7,14,16H2,1-2H3/t20-/m1/s1. The van der Waals surface area contributed by atoms with Crippen molar-refractivity contribution in [1.82, 2.24) is 19.4 Å². The number of aryl methyl sites for hydroxylation is 1. The maximum Gasteiger partial charge on any atom is 0.138 e. The van der Waals surface area contributed by atoms with E-state index in [0.717, 1.165) is 49.0 Å². The summed E-state index contributed by atoms with van der Waals surface area (Å²) in [6.07, 6.45) is 7.09. The molecule has 3 heterocycles. The summed E-state index contributed by atoms with van der Waals surface area (Å²) in [4.78, 5) is 11.9. The molecule has 0 N–H and O–H groups in total. The fraction of sp³-hybridized carbons (Fsp3) is 0.364. The van der Waals surface area contributed by atoms with Crippen LogP contribution in [-0.4, -0.2) is 33.1 Å². The van der Waals surface area contributed by atoms with Crippen molar-refractivity contribution in [3.8, 4) is 11.6 Å². The zero-order chi connectivity index (χ0) is 18.6. The summed E-state index contributed by atoms with van der Waals surface area (Å²) in [7, 11) is 1.70. The van der Waals surface area contributed by atoms with Gasteiger partial charge in [-0.15, -0.1) is 0 Å². The van der Waals surface area contributed by atoms with Crippen molar-refractivity contribution in [1.29, 1.82) is 0 Å². The summed E-state index contributed by atoms with van der Waals surface area (Å²) in [5.74, 6) is 2.90. The van der Waals surface area contributed by atoms with Crippen LogP contribution in [0.4, 0.5) is 0 Å². The van der Waals surface area contributed by atoms with E-state index in [1.165, 1.54) is 12.0 Å². The van der Waals surface area contributed by atoms with Gasteiger partial charge in [-0.2, -0.15) is 0 Å². The van der Waals surface area contributed by atoms with E-state index in [1.54, 1.807) is 7.11 Å². The van der Waals surface area contributed by atoms with Gasteiger partial charge < -0.3 is 4.74 Å². The van der Waals surface area contributed by atoms with Crippen LogP contribution in [0.15, 0.2) is 54.9 Å². The Balaban J connectivity index is 1.55. The van der Waals surface area contributed by atoms with Gasteiger partial charge in [-0.25, -0.2) is 9.97 Å². The first-order valence-corrected chi connectivity index (χ1v) is 9.65. The number of methoxy groups -OCH3 is 1. The summed E-state index contributed by atoms with van der Waals surface area (Å²) < 4.78 is 7.36. The molecule has 1 saturated heterocycles. The van der Waals surface area contributed by atoms with E-state index in [1.807, 2.05) is 24.5 Å². The molecule has 1 aliphatic heterocycles. The maximum atomic E-state index is 5.27. The van der Waals surface area contributed by atoms with Crippen molar-refractivity contribution in [3.63, 3.8) is 0 Å². The van der Waals surface area contributed by atoms with Crippen molar-refractivity contribution < 1.29 is 4.74 Å². The number of pyridine rings is 1. The minimum atomic E-state index is 0.362. The van der Waals surface area contributed by atoms with Crippen LogP contribution < -0.4 is 4.74 Å². The van der Waals surface area contributed by atoms with Gasteiger partial charge in [0.05, 0.1) is 18.8 Å². The van der Waals surface area contributed by atoms with E-state index in [0.29, 0.717) is 6.04 Å². The average Bonchev–Trinajstić information content (AvgIpc) is 3.38. The number of benzene rings is 1. The second-order valence-electron chi connectivity index (χ2n) is 6.96. The van der Waals surface area contributed by atoms with Crippen LogP contribution in [0.2, 0.25) is 0 Å². The molecule has 0 spiro atoms. The van der Waals surface area contributed by atoms with Gasteiger partial charge >= 0.3 is 0 Å². The fourth-order valence-electron chi connectivity index (χ4n) is 3.88. The van der Waals surface area contributed by atoms with Gasteiger partial charge in [0.2, 0.25) is 0 Å². The van der Waals surface area contributed by atoms with E-state index in [2.05, 4.69) is 51.7 Å². The summed E-state index contributed by atoms with van der Waals surface area (Å²) in [5.41, 5.74) is 2.45. The van der Waals surface area contributed by atoms with Crippen LogP contribution >= 0.6 is 0 Å². The monoisotopic (exact) mass is 362 g/mol. The number of ether oxygens (including phenoxy) is 1. The van der Waals surface area contributed by atoms with Gasteiger partial charge in [0, 0.05) is 25.4 Å². The minimum absolute atomic E-state index is 0.362. The quantitative estimate of drug-likeness (QED) is 0.660. The molecule has 1 atom stereocenters. The topological polar surface area (TPSA) is 43.2 Å². The SMILES string of the molecule is CCc1nccn1-c1cccc([C@H]2CCCN2Cc2ccc(OC)cc2)n1. The van der Waals surface area contributed by atoms with Crippen LogP contribution in [-0.2, 0) is 13.0 Å². The number of hydrogen-bond donors (Lipinski definition) is 0. The van der Waals surface area contributed by atoms with Gasteiger partial charge in [0.25, 0.3) is 0 Å². The predicted octanol–water partition coefficient (Wildman–Crippen LogP) is 4.18. The smallest absolute Gasteiger partial charge is 0.138 e. The molecule has 140 valence electrons. The van der Waals surface area contributed by atoms with Crippen LogP contribution in [0.25, 0.3) is 5.82 Å². The van der Waals surface area contributed by atoms with Gasteiger partial charge in [-0.1, -0.05) is 25.1 Å². The van der Waals surface area contributed by atoms with Gasteiger partial charge in [0.15, 0.2) is 0 Å². The number of rotatable bonds is 6. The Morgan fingerprint density at radius 2 is 2.00 bits per heavy atom. The first-order valence-electron chi connectivity index (χ1n) is 9.65. The molecule has 1 aliphatic rings. The largest absolute Gasteiger partial charge is 0.497 e. The van der Waals surface area contributed by atoms with Crippen molar-refractivity contribution in [2.24, 2.45) is 0 Å². The lowest BCUT2D eigenvalue weighted by Gasteiger charge is -2.24. The molecule has 1 aromatic carbocycles.